The molecular formula is C20H24N2O. The van der Waals surface area contributed by atoms with Crippen molar-refractivity contribution in [3.05, 3.63) is 42.5 Å². The highest BCUT2D eigenvalue weighted by Gasteiger charge is 2.16. The van der Waals surface area contributed by atoms with E-state index in [1.165, 1.54) is 21.8 Å². The van der Waals surface area contributed by atoms with Gasteiger partial charge in [-0.15, -0.1) is 0 Å². The van der Waals surface area contributed by atoms with Crippen LogP contribution < -0.4 is 5.32 Å². The molecule has 0 aliphatic rings. The summed E-state index contributed by atoms with van der Waals surface area (Å²) in [6.07, 6.45) is 2.86. The molecule has 3 heteroatoms. The molecule has 23 heavy (non-hydrogen) atoms. The Labute approximate surface area is 137 Å². The Morgan fingerprint density at radius 2 is 1.83 bits per heavy atom. The molecule has 1 unspecified atom stereocenters. The molecule has 0 spiro atoms. The summed E-state index contributed by atoms with van der Waals surface area (Å²) < 4.78 is 2.20. The van der Waals surface area contributed by atoms with E-state index in [0.29, 0.717) is 0 Å². The van der Waals surface area contributed by atoms with Crippen molar-refractivity contribution in [1.29, 1.82) is 0 Å². The summed E-state index contributed by atoms with van der Waals surface area (Å²) in [6.45, 7) is 4.20. The lowest BCUT2D eigenvalue weighted by atomic mass is 10.00. The molecule has 1 N–H and O–H groups in total. The van der Waals surface area contributed by atoms with Crippen LogP contribution in [0.2, 0.25) is 0 Å². The van der Waals surface area contributed by atoms with E-state index in [4.69, 9.17) is 0 Å². The van der Waals surface area contributed by atoms with Gasteiger partial charge in [-0.2, -0.15) is 0 Å². The Morgan fingerprint density at radius 1 is 1.09 bits per heavy atom. The fourth-order valence-electron chi connectivity index (χ4n) is 3.36. The maximum Gasteiger partial charge on any atom is 0.227 e. The lowest BCUT2D eigenvalue weighted by Crippen LogP contribution is -2.22. The second-order valence-corrected chi connectivity index (χ2v) is 6.19. The second kappa shape index (κ2) is 6.45. The maximum atomic E-state index is 12.4. The van der Waals surface area contributed by atoms with Crippen LogP contribution in [0.1, 0.15) is 33.1 Å². The lowest BCUT2D eigenvalue weighted by Gasteiger charge is -2.14. The van der Waals surface area contributed by atoms with Crippen molar-refractivity contribution in [2.45, 2.75) is 33.1 Å². The molecule has 3 rings (SSSR count). The normalized spacial score (nSPS) is 12.7. The Bertz CT molecular complexity index is 847. The fraction of sp³-hybridized carbons (Fsp3) is 0.350. The number of hydrogen-bond donors (Lipinski definition) is 1. The van der Waals surface area contributed by atoms with Crippen molar-refractivity contribution in [3.63, 3.8) is 0 Å². The molecule has 1 aromatic heterocycles. The van der Waals surface area contributed by atoms with Crippen molar-refractivity contribution in [3.8, 4) is 0 Å². The number of benzene rings is 2. The summed E-state index contributed by atoms with van der Waals surface area (Å²) in [5.41, 5.74) is 3.28. The predicted octanol–water partition coefficient (Wildman–Crippen LogP) is 5.10. The number of carbonyl (C=O) groups is 1. The molecule has 3 aromatic rings. The Balaban J connectivity index is 1.97. The number of fused-ring (bicyclic) bond motifs is 3. The largest absolute Gasteiger partial charge is 0.344 e. The van der Waals surface area contributed by atoms with E-state index < -0.39 is 0 Å². The van der Waals surface area contributed by atoms with Crippen molar-refractivity contribution in [2.24, 2.45) is 13.0 Å². The number of amides is 1. The number of carbonyl (C=O) groups excluding carboxylic acids is 1. The van der Waals surface area contributed by atoms with Crippen LogP contribution in [-0.4, -0.2) is 10.5 Å². The first-order chi connectivity index (χ1) is 11.2. The van der Waals surface area contributed by atoms with Gasteiger partial charge in [-0.25, -0.2) is 0 Å². The van der Waals surface area contributed by atoms with Crippen LogP contribution in [0.15, 0.2) is 42.5 Å². The summed E-state index contributed by atoms with van der Waals surface area (Å²) in [5, 5.41) is 5.50. The van der Waals surface area contributed by atoms with Gasteiger partial charge in [-0.1, -0.05) is 38.5 Å². The molecule has 0 radical (unpaired) electrons. The van der Waals surface area contributed by atoms with E-state index in [1.807, 2.05) is 6.07 Å². The van der Waals surface area contributed by atoms with Crippen LogP contribution in [0.3, 0.4) is 0 Å². The first-order valence-electron chi connectivity index (χ1n) is 8.43. The Morgan fingerprint density at radius 3 is 2.57 bits per heavy atom. The maximum absolute atomic E-state index is 12.4. The van der Waals surface area contributed by atoms with E-state index in [0.717, 1.165) is 24.9 Å². The molecule has 0 saturated carbocycles. The minimum Gasteiger partial charge on any atom is -0.344 e. The average Bonchev–Trinajstić information content (AvgIpc) is 2.85. The predicted molar refractivity (Wildman–Crippen MR) is 97.7 cm³/mol. The molecule has 0 saturated heterocycles. The lowest BCUT2D eigenvalue weighted by molar-refractivity contribution is -0.120. The van der Waals surface area contributed by atoms with Gasteiger partial charge in [-0.05, 0) is 37.1 Å². The molecule has 0 aliphatic carbocycles. The number of nitrogens with one attached hydrogen (secondary N) is 1. The Kier molecular flexibility index (Phi) is 4.37. The molecule has 1 atom stereocenters. The van der Waals surface area contributed by atoms with Crippen LogP contribution in [0, 0.1) is 5.92 Å². The standard InChI is InChI=1S/C20H24N2O/c1-4-8-14(5-2)20(23)21-15-11-12-19-17(13-15)16-9-6-7-10-18(16)22(19)3/h6-7,9-14H,4-5,8H2,1-3H3,(H,21,23). The van der Waals surface area contributed by atoms with Crippen LogP contribution in [0.4, 0.5) is 5.69 Å². The minimum absolute atomic E-state index is 0.100. The van der Waals surface area contributed by atoms with Gasteiger partial charge in [0.25, 0.3) is 0 Å². The van der Waals surface area contributed by atoms with Gasteiger partial charge in [0.15, 0.2) is 0 Å². The topological polar surface area (TPSA) is 34.0 Å². The quantitative estimate of drug-likeness (QED) is 0.699. The molecule has 120 valence electrons. The fourth-order valence-corrected chi connectivity index (χ4v) is 3.36. The summed E-state index contributed by atoms with van der Waals surface area (Å²) in [6, 6.07) is 14.6. The number of anilines is 1. The second-order valence-electron chi connectivity index (χ2n) is 6.19. The summed E-state index contributed by atoms with van der Waals surface area (Å²) >= 11 is 0. The summed E-state index contributed by atoms with van der Waals surface area (Å²) in [5.74, 6) is 0.233. The first-order valence-corrected chi connectivity index (χ1v) is 8.43. The zero-order valence-electron chi connectivity index (χ0n) is 14.1. The zero-order chi connectivity index (χ0) is 16.4. The highest BCUT2D eigenvalue weighted by molar-refractivity contribution is 6.09. The van der Waals surface area contributed by atoms with Gasteiger partial charge in [0.05, 0.1) is 0 Å². The highest BCUT2D eigenvalue weighted by Crippen LogP contribution is 2.30. The minimum atomic E-state index is 0.100. The molecule has 2 aromatic carbocycles. The van der Waals surface area contributed by atoms with Crippen LogP contribution >= 0.6 is 0 Å². The number of aromatic nitrogens is 1. The smallest absolute Gasteiger partial charge is 0.227 e. The van der Waals surface area contributed by atoms with Crippen molar-refractivity contribution in [2.75, 3.05) is 5.32 Å². The van der Waals surface area contributed by atoms with Gasteiger partial charge in [-0.3, -0.25) is 4.79 Å². The van der Waals surface area contributed by atoms with Gasteiger partial charge >= 0.3 is 0 Å². The number of rotatable bonds is 5. The third-order valence-corrected chi connectivity index (χ3v) is 4.68. The van der Waals surface area contributed by atoms with E-state index in [9.17, 15) is 4.79 Å². The Hall–Kier alpha value is -2.29. The number of hydrogen-bond acceptors (Lipinski definition) is 1. The van der Waals surface area contributed by atoms with E-state index in [1.54, 1.807) is 0 Å². The average molecular weight is 308 g/mol. The van der Waals surface area contributed by atoms with Gasteiger partial charge in [0, 0.05) is 40.5 Å². The summed E-state index contributed by atoms with van der Waals surface area (Å²) in [7, 11) is 2.08. The monoisotopic (exact) mass is 308 g/mol. The zero-order valence-corrected chi connectivity index (χ0v) is 14.1. The summed E-state index contributed by atoms with van der Waals surface area (Å²) in [4.78, 5) is 12.4. The first kappa shape index (κ1) is 15.6. The van der Waals surface area contributed by atoms with Crippen LogP contribution in [0.5, 0.6) is 0 Å². The van der Waals surface area contributed by atoms with Gasteiger partial charge < -0.3 is 9.88 Å². The van der Waals surface area contributed by atoms with Gasteiger partial charge in [0.2, 0.25) is 5.91 Å². The highest BCUT2D eigenvalue weighted by atomic mass is 16.1. The van der Waals surface area contributed by atoms with Crippen molar-refractivity contribution < 1.29 is 4.79 Å². The molecule has 1 amide bonds. The number of para-hydroxylation sites is 1. The molecule has 0 fully saturated rings. The van der Waals surface area contributed by atoms with Crippen LogP contribution in [-0.2, 0) is 11.8 Å². The third-order valence-electron chi connectivity index (χ3n) is 4.68. The molecular weight excluding hydrogens is 284 g/mol. The van der Waals surface area contributed by atoms with Crippen LogP contribution in [0.25, 0.3) is 21.8 Å². The van der Waals surface area contributed by atoms with Gasteiger partial charge in [0.1, 0.15) is 0 Å². The molecule has 3 nitrogen and oxygen atoms in total. The molecule has 0 bridgehead atoms. The number of nitrogens with zero attached hydrogens (tertiary/aromatic N) is 1. The number of aryl methyl sites for hydroxylation is 1. The SMILES string of the molecule is CCCC(CC)C(=O)Nc1ccc2c(c1)c1ccccc1n2C. The van der Waals surface area contributed by atoms with Crippen molar-refractivity contribution >= 4 is 33.4 Å². The van der Waals surface area contributed by atoms with E-state index >= 15 is 0 Å². The van der Waals surface area contributed by atoms with E-state index in [2.05, 4.69) is 67.2 Å². The third kappa shape index (κ3) is 2.83. The molecule has 0 aliphatic heterocycles. The van der Waals surface area contributed by atoms with E-state index in [-0.39, 0.29) is 11.8 Å². The van der Waals surface area contributed by atoms with Crippen molar-refractivity contribution in [1.82, 2.24) is 4.57 Å². The molecule has 1 heterocycles.